The van der Waals surface area contributed by atoms with Crippen LogP contribution in [0.15, 0.2) is 45.9 Å². The van der Waals surface area contributed by atoms with Crippen molar-refractivity contribution in [3.63, 3.8) is 0 Å². The van der Waals surface area contributed by atoms with Gasteiger partial charge >= 0.3 is 0 Å². The molecule has 0 saturated carbocycles. The molecule has 1 rings (SSSR count). The van der Waals surface area contributed by atoms with Crippen LogP contribution in [0.25, 0.3) is 0 Å². The van der Waals surface area contributed by atoms with E-state index in [1.807, 2.05) is 20.1 Å². The lowest BCUT2D eigenvalue weighted by Gasteiger charge is -2.10. The highest BCUT2D eigenvalue weighted by molar-refractivity contribution is 6.01. The topological polar surface area (TPSA) is 60.0 Å². The Kier molecular flexibility index (Phi) is 6.22. The lowest BCUT2D eigenvalue weighted by atomic mass is 9.96. The molecular weight excluding hydrogens is 250 g/mol. The molecule has 110 valence electrons. The van der Waals surface area contributed by atoms with Crippen molar-refractivity contribution in [1.29, 1.82) is 0 Å². The molecule has 0 aromatic carbocycles. The van der Waals surface area contributed by atoms with Crippen molar-refractivity contribution in [3.05, 3.63) is 35.9 Å². The molecule has 4 heteroatoms. The number of hydrogen-bond donors (Lipinski definition) is 1. The van der Waals surface area contributed by atoms with Gasteiger partial charge in [0.2, 0.25) is 0 Å². The first-order valence-electron chi connectivity index (χ1n) is 6.95. The van der Waals surface area contributed by atoms with E-state index in [9.17, 15) is 0 Å². The third-order valence-electron chi connectivity index (χ3n) is 3.13. The van der Waals surface area contributed by atoms with E-state index in [2.05, 4.69) is 30.1 Å². The van der Waals surface area contributed by atoms with Crippen LogP contribution in [0.5, 0.6) is 0 Å². The highest BCUT2D eigenvalue weighted by Crippen LogP contribution is 2.26. The van der Waals surface area contributed by atoms with E-state index >= 15 is 0 Å². The summed E-state index contributed by atoms with van der Waals surface area (Å²) in [5.74, 6) is 1.59. The van der Waals surface area contributed by atoms with E-state index in [0.717, 1.165) is 37.3 Å². The first kappa shape index (κ1) is 16.2. The van der Waals surface area contributed by atoms with Gasteiger partial charge in [0.05, 0.1) is 12.4 Å². The maximum atomic E-state index is 5.93. The van der Waals surface area contributed by atoms with Crippen molar-refractivity contribution >= 4 is 12.1 Å². The number of unbranched alkanes of at least 4 members (excludes halogenated alkanes) is 1. The van der Waals surface area contributed by atoms with Crippen molar-refractivity contribution < 1.29 is 4.74 Å². The summed E-state index contributed by atoms with van der Waals surface area (Å²) in [6.45, 7) is 13.9. The summed E-state index contributed by atoms with van der Waals surface area (Å²) in [5, 5.41) is 0. The van der Waals surface area contributed by atoms with Gasteiger partial charge in [-0.3, -0.25) is 4.99 Å². The zero-order valence-electron chi connectivity index (χ0n) is 12.8. The van der Waals surface area contributed by atoms with Crippen LogP contribution in [-0.2, 0) is 4.74 Å². The number of ether oxygens (including phenoxy) is 1. The van der Waals surface area contributed by atoms with Crippen LogP contribution < -0.4 is 5.73 Å². The Morgan fingerprint density at radius 2 is 2.10 bits per heavy atom. The molecule has 1 atom stereocenters. The van der Waals surface area contributed by atoms with Crippen molar-refractivity contribution in [2.45, 2.75) is 40.0 Å². The molecule has 0 aliphatic carbocycles. The van der Waals surface area contributed by atoms with E-state index < -0.39 is 0 Å². The fourth-order valence-electron chi connectivity index (χ4n) is 2.08. The van der Waals surface area contributed by atoms with Crippen molar-refractivity contribution in [2.75, 3.05) is 6.61 Å². The maximum absolute atomic E-state index is 5.93. The monoisotopic (exact) mass is 275 g/mol. The minimum absolute atomic E-state index is 0.355. The molecule has 2 N–H and O–H groups in total. The summed E-state index contributed by atoms with van der Waals surface area (Å²) in [6.07, 6.45) is 5.13. The number of rotatable bonds is 8. The Labute approximate surface area is 121 Å². The molecule has 0 saturated heterocycles. The van der Waals surface area contributed by atoms with E-state index in [4.69, 9.17) is 10.5 Å². The molecule has 1 heterocycles. The van der Waals surface area contributed by atoms with Gasteiger partial charge in [-0.15, -0.1) is 0 Å². The molecule has 0 spiro atoms. The SMILES string of the molecule is C=C(C)/N=C(/N)C1=C(C)C(CCCCOC(=C)C)C=N1. The Bertz CT molecular complexity index is 472. The molecule has 1 unspecified atom stereocenters. The number of aliphatic imine (C=N–C) groups is 2. The van der Waals surface area contributed by atoms with E-state index in [0.29, 0.717) is 17.5 Å². The molecule has 0 aromatic rings. The maximum Gasteiger partial charge on any atom is 0.149 e. The van der Waals surface area contributed by atoms with Crippen molar-refractivity contribution in [2.24, 2.45) is 21.6 Å². The highest BCUT2D eigenvalue weighted by Gasteiger charge is 2.20. The predicted molar refractivity (Wildman–Crippen MR) is 85.7 cm³/mol. The number of hydrogen-bond acceptors (Lipinski definition) is 3. The van der Waals surface area contributed by atoms with Crippen LogP contribution in [-0.4, -0.2) is 18.7 Å². The largest absolute Gasteiger partial charge is 0.499 e. The molecule has 0 amide bonds. The van der Waals surface area contributed by atoms with Gasteiger partial charge in [-0.1, -0.05) is 13.2 Å². The Morgan fingerprint density at radius 3 is 2.70 bits per heavy atom. The van der Waals surface area contributed by atoms with E-state index in [1.165, 1.54) is 5.57 Å². The fourth-order valence-corrected chi connectivity index (χ4v) is 2.08. The molecule has 0 radical (unpaired) electrons. The molecule has 1 aliphatic rings. The third-order valence-corrected chi connectivity index (χ3v) is 3.13. The molecule has 0 bridgehead atoms. The Hall–Kier alpha value is -1.84. The molecule has 1 aliphatic heterocycles. The number of allylic oxidation sites excluding steroid dienone is 3. The van der Waals surface area contributed by atoms with Crippen molar-refractivity contribution in [3.8, 4) is 0 Å². The van der Waals surface area contributed by atoms with Gasteiger partial charge in [0.25, 0.3) is 0 Å². The molecule has 4 nitrogen and oxygen atoms in total. The Balaban J connectivity index is 2.47. The summed E-state index contributed by atoms with van der Waals surface area (Å²) in [7, 11) is 0. The predicted octanol–water partition coefficient (Wildman–Crippen LogP) is 3.57. The van der Waals surface area contributed by atoms with Gasteiger partial charge in [-0.05, 0) is 45.6 Å². The van der Waals surface area contributed by atoms with Crippen LogP contribution in [0, 0.1) is 5.92 Å². The normalized spacial score (nSPS) is 18.6. The van der Waals surface area contributed by atoms with Crippen LogP contribution in [0.2, 0.25) is 0 Å². The summed E-state index contributed by atoms with van der Waals surface area (Å²) >= 11 is 0. The average molecular weight is 275 g/mol. The van der Waals surface area contributed by atoms with Gasteiger partial charge in [-0.25, -0.2) is 4.99 Å². The number of amidine groups is 1. The lowest BCUT2D eigenvalue weighted by molar-refractivity contribution is 0.208. The minimum Gasteiger partial charge on any atom is -0.499 e. The van der Waals surface area contributed by atoms with E-state index in [-0.39, 0.29) is 0 Å². The van der Waals surface area contributed by atoms with Crippen LogP contribution in [0.4, 0.5) is 0 Å². The smallest absolute Gasteiger partial charge is 0.149 e. The second-order valence-corrected chi connectivity index (χ2v) is 5.19. The number of nitrogens with two attached hydrogens (primary N) is 1. The summed E-state index contributed by atoms with van der Waals surface area (Å²) in [5.41, 5.74) is 8.61. The van der Waals surface area contributed by atoms with E-state index in [1.54, 1.807) is 0 Å². The molecule has 0 fully saturated rings. The second-order valence-electron chi connectivity index (χ2n) is 5.19. The zero-order chi connectivity index (χ0) is 15.1. The van der Waals surface area contributed by atoms with Gasteiger partial charge in [0, 0.05) is 17.8 Å². The van der Waals surface area contributed by atoms with Crippen LogP contribution in [0.3, 0.4) is 0 Å². The standard InChI is InChI=1S/C16H25N3O/c1-11(2)19-16(17)15-13(5)14(10-18-15)8-6-7-9-20-12(3)4/h10,14H,1,3,6-9H2,2,4-5H3,(H2,17,19). The minimum atomic E-state index is 0.355. The lowest BCUT2D eigenvalue weighted by Crippen LogP contribution is -2.14. The highest BCUT2D eigenvalue weighted by atomic mass is 16.5. The van der Waals surface area contributed by atoms with Crippen LogP contribution >= 0.6 is 0 Å². The summed E-state index contributed by atoms with van der Waals surface area (Å²) < 4.78 is 5.35. The van der Waals surface area contributed by atoms with Gasteiger partial charge < -0.3 is 10.5 Å². The first-order valence-corrected chi connectivity index (χ1v) is 6.95. The van der Waals surface area contributed by atoms with Gasteiger partial charge in [0.1, 0.15) is 11.5 Å². The summed E-state index contributed by atoms with van der Waals surface area (Å²) in [6, 6.07) is 0. The van der Waals surface area contributed by atoms with Gasteiger partial charge in [-0.2, -0.15) is 0 Å². The Morgan fingerprint density at radius 1 is 1.40 bits per heavy atom. The summed E-state index contributed by atoms with van der Waals surface area (Å²) in [4.78, 5) is 8.56. The quantitative estimate of drug-likeness (QED) is 0.318. The second kappa shape index (κ2) is 7.68. The third kappa shape index (κ3) is 5.03. The fraction of sp³-hybridized carbons (Fsp3) is 0.500. The molecule has 20 heavy (non-hydrogen) atoms. The zero-order valence-corrected chi connectivity index (χ0v) is 12.8. The molecular formula is C16H25N3O. The average Bonchev–Trinajstić information content (AvgIpc) is 2.69. The van der Waals surface area contributed by atoms with Crippen molar-refractivity contribution in [1.82, 2.24) is 0 Å². The molecule has 0 aromatic heterocycles. The van der Waals surface area contributed by atoms with Gasteiger partial charge in [0.15, 0.2) is 0 Å². The number of nitrogens with zero attached hydrogens (tertiary/aromatic N) is 2. The first-order chi connectivity index (χ1) is 9.41. The van der Waals surface area contributed by atoms with Crippen LogP contribution in [0.1, 0.15) is 40.0 Å².